The van der Waals surface area contributed by atoms with E-state index in [0.717, 1.165) is 26.9 Å². The molecule has 56 heavy (non-hydrogen) atoms. The minimum atomic E-state index is -1.76. The summed E-state index contributed by atoms with van der Waals surface area (Å²) in [6, 6.07) is -0.670. The molecule has 312 valence electrons. The summed E-state index contributed by atoms with van der Waals surface area (Å²) in [5.41, 5.74) is 0.289. The van der Waals surface area contributed by atoms with Gasteiger partial charge in [0.15, 0.2) is 8.93 Å². The Bertz CT molecular complexity index is 1840. The second-order valence-electron chi connectivity index (χ2n) is 19.4. The van der Waals surface area contributed by atoms with Crippen LogP contribution in [0.1, 0.15) is 135 Å². The first-order valence-corrected chi connectivity index (χ1v) is 23.8. The van der Waals surface area contributed by atoms with Crippen LogP contribution in [0.5, 0.6) is 0 Å². The van der Waals surface area contributed by atoms with E-state index in [4.69, 9.17) is 37.1 Å². The van der Waals surface area contributed by atoms with Crippen molar-refractivity contribution in [1.29, 1.82) is 0 Å². The fraction of sp³-hybridized carbons (Fsp3) is 0.763. The topological polar surface area (TPSA) is 155 Å². The summed E-state index contributed by atoms with van der Waals surface area (Å²) in [5.74, 6) is 0. The van der Waals surface area contributed by atoms with Crippen molar-refractivity contribution >= 4 is 86.5 Å². The van der Waals surface area contributed by atoms with E-state index in [2.05, 4.69) is 14.7 Å². The van der Waals surface area contributed by atoms with Crippen molar-refractivity contribution in [3.63, 3.8) is 0 Å². The number of hydrogen-bond donors (Lipinski definition) is 1. The molecule has 18 heteroatoms. The Morgan fingerprint density at radius 2 is 1.46 bits per heavy atom. The molecule has 2 spiro atoms. The summed E-state index contributed by atoms with van der Waals surface area (Å²) in [4.78, 5) is 41.5. The smallest absolute Gasteiger partial charge is 0.410 e. The number of amides is 2. The fourth-order valence-corrected chi connectivity index (χ4v) is 13.1. The van der Waals surface area contributed by atoms with Gasteiger partial charge in [0.05, 0.1) is 27.2 Å². The van der Waals surface area contributed by atoms with Gasteiger partial charge in [-0.1, -0.05) is 27.6 Å². The standard InChI is InChI=1S/C38H56Cl2N6O6S4/c1-33(2,3)51-31(47)45-15-12-37(13-16-45)20-23-25(53-29(39)41-23)27(37)44-56(50)36(10,11)18-22-19-38(14-17-46(22)32(48)52-34(4,5)6)21-24-26(54-30(40)42-24)28(38)43-55(49)35(7,8)9/h22,28,43H,12-21H2,1-11H3/t22?,28-,38?,55?,56?/m1/s1. The zero-order valence-electron chi connectivity index (χ0n) is 34.3. The molecular formula is C38H56Cl2N6O6S4. The lowest BCUT2D eigenvalue weighted by Gasteiger charge is -2.49. The first-order valence-electron chi connectivity index (χ1n) is 19.2. The van der Waals surface area contributed by atoms with E-state index in [9.17, 15) is 18.7 Å². The average Bonchev–Trinajstić information content (AvgIpc) is 3.73. The van der Waals surface area contributed by atoms with E-state index >= 15 is 0 Å². The number of rotatable bonds is 6. The maximum absolute atomic E-state index is 14.8. The largest absolute Gasteiger partial charge is 0.598 e. The van der Waals surface area contributed by atoms with Gasteiger partial charge >= 0.3 is 12.2 Å². The van der Waals surface area contributed by atoms with Crippen LogP contribution in [0.25, 0.3) is 0 Å². The zero-order chi connectivity index (χ0) is 41.4. The van der Waals surface area contributed by atoms with Crippen molar-refractivity contribution in [2.75, 3.05) is 19.6 Å². The highest BCUT2D eigenvalue weighted by molar-refractivity contribution is 7.91. The van der Waals surface area contributed by atoms with E-state index < -0.39 is 60.3 Å². The van der Waals surface area contributed by atoms with Crippen molar-refractivity contribution in [3.8, 4) is 0 Å². The van der Waals surface area contributed by atoms with Crippen molar-refractivity contribution in [1.82, 2.24) is 24.5 Å². The van der Waals surface area contributed by atoms with Gasteiger partial charge in [0.25, 0.3) is 0 Å². The number of thiazole rings is 2. The SMILES string of the molecule is CC(C)(C)OC(=O)N1CCC2(CC1)Cc1nc(Cl)sc1C2=N[S+]([O-])C(C)(C)CC1CC2(CCN1C(=O)OC(C)(C)C)Cc1nc(Cl)sc1[C@H]2N[S+]([O-])C(C)(C)C. The molecule has 2 aliphatic heterocycles. The van der Waals surface area contributed by atoms with Crippen LogP contribution < -0.4 is 4.72 Å². The van der Waals surface area contributed by atoms with Crippen LogP contribution in [0.2, 0.25) is 8.93 Å². The van der Waals surface area contributed by atoms with Crippen LogP contribution in [0.15, 0.2) is 4.40 Å². The van der Waals surface area contributed by atoms with Gasteiger partial charge in [-0.2, -0.15) is 0 Å². The van der Waals surface area contributed by atoms with Crippen LogP contribution in [-0.4, -0.2) is 93.1 Å². The Labute approximate surface area is 355 Å². The molecule has 0 aromatic carbocycles. The number of carbonyl (C=O) groups excluding carboxylic acids is 2. The minimum Gasteiger partial charge on any atom is -0.598 e. The normalized spacial score (nSPS) is 25.8. The monoisotopic (exact) mass is 890 g/mol. The summed E-state index contributed by atoms with van der Waals surface area (Å²) >= 11 is 12.5. The second-order valence-corrected chi connectivity index (χ2v) is 26.3. The number of likely N-dealkylation sites (tertiary alicyclic amines) is 2. The van der Waals surface area contributed by atoms with Crippen molar-refractivity contribution in [2.45, 2.75) is 154 Å². The predicted octanol–water partition coefficient (Wildman–Crippen LogP) is 8.84. The average molecular weight is 892 g/mol. The third kappa shape index (κ3) is 9.33. The van der Waals surface area contributed by atoms with Gasteiger partial charge in [0.1, 0.15) is 37.8 Å². The van der Waals surface area contributed by atoms with E-state index in [1.165, 1.54) is 22.7 Å². The predicted molar refractivity (Wildman–Crippen MR) is 227 cm³/mol. The quantitative estimate of drug-likeness (QED) is 0.280. The van der Waals surface area contributed by atoms with Gasteiger partial charge in [-0.05, 0) is 108 Å². The first-order chi connectivity index (χ1) is 25.7. The maximum Gasteiger partial charge on any atom is 0.410 e. The highest BCUT2D eigenvalue weighted by atomic mass is 35.5. The number of ether oxygens (including phenoxy) is 2. The molecule has 5 atom stereocenters. The fourth-order valence-electron chi connectivity index (χ4n) is 8.35. The number of aromatic nitrogens is 2. The molecule has 0 bridgehead atoms. The van der Waals surface area contributed by atoms with Gasteiger partial charge in [-0.15, -0.1) is 27.4 Å². The number of hydrogen-bond acceptors (Lipinski definition) is 12. The van der Waals surface area contributed by atoms with Gasteiger partial charge in [0, 0.05) is 60.7 Å². The number of halogens is 2. The number of fused-ring (bicyclic) bond motifs is 2. The number of nitrogens with one attached hydrogen (secondary N) is 1. The molecular weight excluding hydrogens is 836 g/mol. The zero-order valence-corrected chi connectivity index (χ0v) is 39.1. The van der Waals surface area contributed by atoms with E-state index in [0.29, 0.717) is 73.5 Å². The number of nitrogens with zero attached hydrogens (tertiary/aromatic N) is 5. The Hall–Kier alpha value is -1.37. The summed E-state index contributed by atoms with van der Waals surface area (Å²) in [5, 5.41) is 0. The van der Waals surface area contributed by atoms with E-state index in [-0.39, 0.29) is 18.2 Å². The molecule has 12 nitrogen and oxygen atoms in total. The molecule has 6 rings (SSSR count). The lowest BCUT2D eigenvalue weighted by molar-refractivity contribution is -0.0159. The Kier molecular flexibility index (Phi) is 12.3. The second kappa shape index (κ2) is 15.6. The molecule has 2 saturated heterocycles. The summed E-state index contributed by atoms with van der Waals surface area (Å²) < 4.78 is 48.0. The van der Waals surface area contributed by atoms with Crippen molar-refractivity contribution < 1.29 is 28.2 Å². The number of carbonyl (C=O) groups is 2. The summed E-state index contributed by atoms with van der Waals surface area (Å²) in [6.07, 6.45) is 3.24. The van der Waals surface area contributed by atoms with Crippen LogP contribution in [0, 0.1) is 10.8 Å². The van der Waals surface area contributed by atoms with Crippen LogP contribution in [0.4, 0.5) is 9.59 Å². The van der Waals surface area contributed by atoms with Crippen LogP contribution >= 0.6 is 45.9 Å². The third-order valence-corrected chi connectivity index (χ3v) is 16.6. The molecule has 1 N–H and O–H groups in total. The van der Waals surface area contributed by atoms with Gasteiger partial charge in [0.2, 0.25) is 0 Å². The van der Waals surface area contributed by atoms with E-state index in [1.54, 1.807) is 9.80 Å². The number of piperidine rings is 2. The van der Waals surface area contributed by atoms with Gasteiger partial charge in [-0.25, -0.2) is 19.6 Å². The van der Waals surface area contributed by atoms with E-state index in [1.807, 2.05) is 76.2 Å². The maximum atomic E-state index is 14.8. The van der Waals surface area contributed by atoms with Crippen molar-refractivity contribution in [3.05, 3.63) is 30.1 Å². The molecule has 0 radical (unpaired) electrons. The van der Waals surface area contributed by atoms with Crippen LogP contribution in [0.3, 0.4) is 0 Å². The summed E-state index contributed by atoms with van der Waals surface area (Å²) in [7, 11) is 0. The summed E-state index contributed by atoms with van der Waals surface area (Å²) in [6.45, 7) is 22.2. The molecule has 2 aromatic heterocycles. The lowest BCUT2D eigenvalue weighted by Crippen LogP contribution is -2.56. The molecule has 0 saturated carbocycles. The highest BCUT2D eigenvalue weighted by Crippen LogP contribution is 2.57. The van der Waals surface area contributed by atoms with Crippen molar-refractivity contribution in [2.24, 2.45) is 15.2 Å². The molecule has 2 fully saturated rings. The first kappa shape index (κ1) is 44.2. The molecule has 2 aromatic rings. The minimum absolute atomic E-state index is 0.293. The Morgan fingerprint density at radius 3 is 2.07 bits per heavy atom. The third-order valence-electron chi connectivity index (χ3n) is 11.1. The Morgan fingerprint density at radius 1 is 0.875 bits per heavy atom. The highest BCUT2D eigenvalue weighted by Gasteiger charge is 2.57. The molecule has 2 amide bonds. The lowest BCUT2D eigenvalue weighted by atomic mass is 9.70. The molecule has 4 aliphatic rings. The van der Waals surface area contributed by atoms with Gasteiger partial charge < -0.3 is 28.4 Å². The molecule has 4 unspecified atom stereocenters. The Balaban J connectivity index is 1.30. The van der Waals surface area contributed by atoms with Crippen LogP contribution in [-0.2, 0) is 45.0 Å². The molecule has 4 heterocycles. The van der Waals surface area contributed by atoms with Gasteiger partial charge in [-0.3, -0.25) is 0 Å². The molecule has 2 aliphatic carbocycles.